The van der Waals surface area contributed by atoms with E-state index in [0.29, 0.717) is 18.4 Å². The zero-order valence-corrected chi connectivity index (χ0v) is 30.9. The van der Waals surface area contributed by atoms with E-state index in [1.807, 2.05) is 24.3 Å². The van der Waals surface area contributed by atoms with Crippen molar-refractivity contribution in [2.24, 2.45) is 23.0 Å². The number of benzene rings is 1. The van der Waals surface area contributed by atoms with E-state index in [-0.39, 0.29) is 23.7 Å². The number of hydrogen-bond donors (Lipinski definition) is 6. The Morgan fingerprint density at radius 2 is 1.31 bits per heavy atom. The third kappa shape index (κ3) is 7.66. The van der Waals surface area contributed by atoms with Crippen LogP contribution in [0.2, 0.25) is 0 Å². The van der Waals surface area contributed by atoms with Gasteiger partial charge in [0.2, 0.25) is 29.5 Å². The Labute approximate surface area is 290 Å². The van der Waals surface area contributed by atoms with E-state index in [0.717, 1.165) is 23.9 Å². The highest BCUT2D eigenvalue weighted by Gasteiger charge is 2.68. The van der Waals surface area contributed by atoms with Crippen LogP contribution >= 0.6 is 0 Å². The van der Waals surface area contributed by atoms with Gasteiger partial charge in [-0.05, 0) is 103 Å². The maximum absolute atomic E-state index is 13.6. The van der Waals surface area contributed by atoms with Gasteiger partial charge in [0.15, 0.2) is 0 Å². The van der Waals surface area contributed by atoms with Crippen LogP contribution < -0.4 is 37.8 Å². The molecule has 4 atom stereocenters. The van der Waals surface area contributed by atoms with Crippen molar-refractivity contribution in [3.8, 4) is 0 Å². The summed E-state index contributed by atoms with van der Waals surface area (Å²) in [6.45, 7) is 19.2. The molecule has 1 aromatic carbocycles. The first kappa shape index (κ1) is 38.3. The van der Waals surface area contributed by atoms with Crippen LogP contribution in [-0.4, -0.2) is 77.1 Å². The third-order valence-electron chi connectivity index (χ3n) is 11.0. The molecule has 1 aliphatic heterocycles. The average Bonchev–Trinajstić information content (AvgIpc) is 3.35. The highest BCUT2D eigenvalue weighted by atomic mass is 16.7. The summed E-state index contributed by atoms with van der Waals surface area (Å²) in [6, 6.07) is 7.90. The predicted molar refractivity (Wildman–Crippen MR) is 186 cm³/mol. The van der Waals surface area contributed by atoms with Crippen LogP contribution in [0.3, 0.4) is 0 Å². The molecule has 0 aromatic heterocycles. The molecule has 49 heavy (non-hydrogen) atoms. The topological polar surface area (TPSA) is 190 Å². The lowest BCUT2D eigenvalue weighted by molar-refractivity contribution is -0.199. The SMILES string of the molecule is CC(C)(NCc1ccccc1B1O[C@H]2C[C@H]3C[C@H](C3(C)C)[C@@]2(C)O1)C(=O)NC(C)(C)C(=O)NC(C)(C)C(=O)NC(C)(C)C(=O)NCC(N)=O. The molecule has 14 heteroatoms. The number of nitrogens with one attached hydrogen (secondary N) is 5. The molecule has 5 rings (SSSR count). The molecule has 13 nitrogen and oxygen atoms in total. The van der Waals surface area contributed by atoms with Crippen molar-refractivity contribution in [2.75, 3.05) is 6.54 Å². The molecular formula is C35H55BN6O7. The fraction of sp³-hybridized carbons (Fsp3) is 0.686. The van der Waals surface area contributed by atoms with Crippen LogP contribution in [0.1, 0.15) is 94.6 Å². The van der Waals surface area contributed by atoms with Gasteiger partial charge in [0, 0.05) is 6.54 Å². The van der Waals surface area contributed by atoms with Gasteiger partial charge >= 0.3 is 7.12 Å². The van der Waals surface area contributed by atoms with Crippen molar-refractivity contribution in [3.63, 3.8) is 0 Å². The molecule has 1 heterocycles. The zero-order valence-electron chi connectivity index (χ0n) is 30.9. The standard InChI is InChI=1S/C35H55BN6O7/c1-30(2)21-16-23(30)35(11)24(17-21)48-36(49-35)22-15-13-12-14-20(22)18-39-31(3,4)27(45)40-33(7,8)29(47)42-34(9,10)28(46)41-32(5,6)26(44)38-19-25(37)43/h12-15,21,23-24,39H,16-19H2,1-11H3,(H2,37,43)(H,38,44)(H,40,45)(H,41,46)(H,42,47)/t21-,23-,24+,35-/m1/s1. The van der Waals surface area contributed by atoms with E-state index in [2.05, 4.69) is 47.4 Å². The number of amides is 5. The fourth-order valence-corrected chi connectivity index (χ4v) is 7.20. The Hall–Kier alpha value is -3.49. The van der Waals surface area contributed by atoms with Gasteiger partial charge < -0.3 is 36.3 Å². The maximum Gasteiger partial charge on any atom is 0.494 e. The van der Waals surface area contributed by atoms with Gasteiger partial charge in [-0.1, -0.05) is 38.1 Å². The van der Waals surface area contributed by atoms with Crippen molar-refractivity contribution < 1.29 is 33.3 Å². The molecule has 2 bridgehead atoms. The lowest BCUT2D eigenvalue weighted by Crippen LogP contribution is -2.67. The summed E-state index contributed by atoms with van der Waals surface area (Å²) in [4.78, 5) is 63.6. The van der Waals surface area contributed by atoms with E-state index >= 15 is 0 Å². The molecule has 3 saturated carbocycles. The van der Waals surface area contributed by atoms with Crippen LogP contribution in [0.15, 0.2) is 24.3 Å². The van der Waals surface area contributed by atoms with Gasteiger partial charge in [-0.15, -0.1) is 0 Å². The largest absolute Gasteiger partial charge is 0.494 e. The number of primary amides is 1. The smallest absolute Gasteiger partial charge is 0.401 e. The van der Waals surface area contributed by atoms with Gasteiger partial charge in [-0.2, -0.15) is 0 Å². The van der Waals surface area contributed by atoms with E-state index < -0.39 is 58.8 Å². The average molecular weight is 683 g/mol. The maximum atomic E-state index is 13.6. The summed E-state index contributed by atoms with van der Waals surface area (Å²) in [6.07, 6.45) is 2.20. The minimum absolute atomic E-state index is 0.0428. The van der Waals surface area contributed by atoms with E-state index in [4.69, 9.17) is 15.0 Å². The van der Waals surface area contributed by atoms with Crippen LogP contribution in [0.5, 0.6) is 0 Å². The first-order valence-electron chi connectivity index (χ1n) is 17.0. The number of rotatable bonds is 13. The third-order valence-corrected chi connectivity index (χ3v) is 11.0. The molecule has 1 saturated heterocycles. The van der Waals surface area contributed by atoms with Crippen molar-refractivity contribution in [1.82, 2.24) is 26.6 Å². The summed E-state index contributed by atoms with van der Waals surface area (Å²) in [5.41, 5.74) is 1.46. The van der Waals surface area contributed by atoms with Crippen molar-refractivity contribution in [3.05, 3.63) is 29.8 Å². The Morgan fingerprint density at radius 1 is 0.796 bits per heavy atom. The molecule has 3 aliphatic carbocycles. The molecule has 5 amide bonds. The number of carbonyl (C=O) groups excluding carboxylic acids is 5. The van der Waals surface area contributed by atoms with Crippen molar-refractivity contribution in [2.45, 2.75) is 129 Å². The molecule has 0 unspecified atom stereocenters. The number of carbonyl (C=O) groups is 5. The molecule has 0 radical (unpaired) electrons. The van der Waals surface area contributed by atoms with Gasteiger partial charge in [0.25, 0.3) is 0 Å². The highest BCUT2D eigenvalue weighted by Crippen LogP contribution is 2.65. The van der Waals surface area contributed by atoms with Gasteiger partial charge in [-0.3, -0.25) is 29.3 Å². The van der Waals surface area contributed by atoms with Crippen molar-refractivity contribution >= 4 is 42.1 Å². The minimum atomic E-state index is -1.47. The Morgan fingerprint density at radius 3 is 1.84 bits per heavy atom. The fourth-order valence-electron chi connectivity index (χ4n) is 7.20. The van der Waals surface area contributed by atoms with Gasteiger partial charge in [0.1, 0.15) is 16.6 Å². The minimum Gasteiger partial charge on any atom is -0.401 e. The molecule has 0 spiro atoms. The van der Waals surface area contributed by atoms with Crippen molar-refractivity contribution in [1.29, 1.82) is 0 Å². The summed E-state index contributed by atoms with van der Waals surface area (Å²) in [5.74, 6) is -1.94. The number of hydrogen-bond acceptors (Lipinski definition) is 8. The lowest BCUT2D eigenvalue weighted by Gasteiger charge is -2.64. The molecule has 4 aliphatic rings. The quantitative estimate of drug-likeness (QED) is 0.165. The Balaban J connectivity index is 1.35. The summed E-state index contributed by atoms with van der Waals surface area (Å²) >= 11 is 0. The second-order valence-corrected chi connectivity index (χ2v) is 16.9. The van der Waals surface area contributed by atoms with Crippen LogP contribution in [0.25, 0.3) is 0 Å². The van der Waals surface area contributed by atoms with Crippen LogP contribution in [-0.2, 0) is 39.8 Å². The lowest BCUT2D eigenvalue weighted by atomic mass is 9.43. The first-order chi connectivity index (χ1) is 22.3. The summed E-state index contributed by atoms with van der Waals surface area (Å²) in [5, 5.41) is 13.8. The summed E-state index contributed by atoms with van der Waals surface area (Å²) < 4.78 is 13.2. The molecular weight excluding hydrogens is 627 g/mol. The normalized spacial score (nSPS) is 24.6. The molecule has 1 aromatic rings. The molecule has 4 fully saturated rings. The van der Waals surface area contributed by atoms with Crippen LogP contribution in [0.4, 0.5) is 0 Å². The van der Waals surface area contributed by atoms with Gasteiger partial charge in [-0.25, -0.2) is 0 Å². The van der Waals surface area contributed by atoms with E-state index in [9.17, 15) is 24.0 Å². The predicted octanol–water partition coefficient (Wildman–Crippen LogP) is 0.776. The second-order valence-electron chi connectivity index (χ2n) is 16.9. The van der Waals surface area contributed by atoms with E-state index in [1.165, 1.54) is 27.7 Å². The number of nitrogens with two attached hydrogens (primary N) is 1. The Kier molecular flexibility index (Phi) is 10.2. The monoisotopic (exact) mass is 682 g/mol. The van der Waals surface area contributed by atoms with E-state index in [1.54, 1.807) is 27.7 Å². The van der Waals surface area contributed by atoms with Gasteiger partial charge in [0.05, 0.1) is 23.8 Å². The first-order valence-corrected chi connectivity index (χ1v) is 17.0. The molecule has 270 valence electrons. The molecule has 7 N–H and O–H groups in total. The Bertz CT molecular complexity index is 1510. The second kappa shape index (κ2) is 13.0. The summed E-state index contributed by atoms with van der Waals surface area (Å²) in [7, 11) is -0.502. The highest BCUT2D eigenvalue weighted by molar-refractivity contribution is 6.62. The van der Waals surface area contributed by atoms with Crippen LogP contribution in [0, 0.1) is 17.3 Å². The zero-order chi connectivity index (χ0) is 37.0.